The van der Waals surface area contributed by atoms with Crippen molar-refractivity contribution in [3.63, 3.8) is 0 Å². The van der Waals surface area contributed by atoms with E-state index in [0.717, 1.165) is 0 Å². The normalized spacial score (nSPS) is 12.5. The van der Waals surface area contributed by atoms with Crippen LogP contribution in [0.2, 0.25) is 0 Å². The number of rotatable bonds is 7. The van der Waals surface area contributed by atoms with E-state index in [1.165, 1.54) is 7.11 Å². The maximum atomic E-state index is 11.5. The van der Waals surface area contributed by atoms with E-state index in [2.05, 4.69) is 37.2 Å². The molecule has 0 unspecified atom stereocenters. The second-order valence-electron chi connectivity index (χ2n) is 4.84. The van der Waals surface area contributed by atoms with Gasteiger partial charge in [0.15, 0.2) is 5.75 Å². The number of methoxy groups -OCH3 is 1. The van der Waals surface area contributed by atoms with Crippen molar-refractivity contribution in [1.29, 1.82) is 0 Å². The van der Waals surface area contributed by atoms with Crippen LogP contribution in [-0.4, -0.2) is 33.8 Å². The topological polar surface area (TPSA) is 72.5 Å². The van der Waals surface area contributed by atoms with Gasteiger partial charge in [0.05, 0.1) is 7.11 Å². The molecule has 5 nitrogen and oxygen atoms in total. The van der Waals surface area contributed by atoms with Crippen molar-refractivity contribution in [2.45, 2.75) is 27.7 Å². The Bertz CT molecular complexity index is 327. The molecule has 17 heavy (non-hydrogen) atoms. The number of hydrogen-bond donors (Lipinski definition) is 1. The number of sulfonamides is 1. The van der Waals surface area contributed by atoms with Gasteiger partial charge in [0.2, 0.25) is 10.0 Å². The largest absolute Gasteiger partial charge is 0.468 e. The van der Waals surface area contributed by atoms with E-state index in [4.69, 9.17) is 0 Å². The van der Waals surface area contributed by atoms with Crippen LogP contribution in [0.1, 0.15) is 27.7 Å². The Morgan fingerprint density at radius 1 is 1.18 bits per heavy atom. The van der Waals surface area contributed by atoms with Crippen molar-refractivity contribution in [3.05, 3.63) is 0 Å². The van der Waals surface area contributed by atoms with Crippen molar-refractivity contribution in [1.82, 2.24) is 4.72 Å². The molecule has 1 N–H and O–H groups in total. The fourth-order valence-corrected chi connectivity index (χ4v) is 2.71. The molecular weight excluding hydrogens is 242 g/mol. The van der Waals surface area contributed by atoms with Gasteiger partial charge in [-0.3, -0.25) is 4.79 Å². The van der Waals surface area contributed by atoms with Crippen LogP contribution in [-0.2, 0) is 19.6 Å². The van der Waals surface area contributed by atoms with Crippen molar-refractivity contribution in [2.75, 3.05) is 19.4 Å². The van der Waals surface area contributed by atoms with Gasteiger partial charge in [0.25, 0.3) is 0 Å². The van der Waals surface area contributed by atoms with Crippen molar-refractivity contribution in [3.8, 4) is 0 Å². The van der Waals surface area contributed by atoms with Gasteiger partial charge >= 0.3 is 5.97 Å². The number of carbonyl (C=O) groups is 1. The Morgan fingerprint density at radius 3 is 2.00 bits per heavy atom. The average Bonchev–Trinajstić information content (AvgIpc) is 2.15. The highest BCUT2D eigenvalue weighted by Gasteiger charge is 2.22. The molecule has 0 bridgehead atoms. The molecule has 6 heteroatoms. The lowest BCUT2D eigenvalue weighted by molar-refractivity contribution is -0.137. The van der Waals surface area contributed by atoms with Crippen LogP contribution in [0.5, 0.6) is 0 Å². The van der Waals surface area contributed by atoms with Gasteiger partial charge in [-0.15, -0.1) is 0 Å². The molecule has 0 radical (unpaired) electrons. The van der Waals surface area contributed by atoms with Crippen LogP contribution in [0.3, 0.4) is 0 Å². The standard InChI is InChI=1S/C11H23NO4S/c1-8(2)10(9(3)4)6-12-17(14,15)7-11(13)16-5/h8-10,12H,6-7H2,1-5H3. The molecule has 0 aromatic rings. The molecule has 0 amide bonds. The molecule has 0 saturated heterocycles. The van der Waals surface area contributed by atoms with E-state index in [1.54, 1.807) is 0 Å². The Kier molecular flexibility index (Phi) is 6.70. The summed E-state index contributed by atoms with van der Waals surface area (Å²) in [6.07, 6.45) is 0. The molecule has 0 aromatic carbocycles. The lowest BCUT2D eigenvalue weighted by Gasteiger charge is -2.24. The van der Waals surface area contributed by atoms with Gasteiger partial charge in [0.1, 0.15) is 0 Å². The summed E-state index contributed by atoms with van der Waals surface area (Å²) in [5.74, 6) is -0.343. The summed E-state index contributed by atoms with van der Waals surface area (Å²) in [4.78, 5) is 10.9. The molecule has 0 fully saturated rings. The first-order valence-corrected chi connectivity index (χ1v) is 7.39. The summed E-state index contributed by atoms with van der Waals surface area (Å²) in [7, 11) is -2.41. The van der Waals surface area contributed by atoms with Crippen LogP contribution in [0.4, 0.5) is 0 Å². The molecule has 0 aliphatic rings. The van der Waals surface area contributed by atoms with E-state index in [9.17, 15) is 13.2 Å². The first kappa shape index (κ1) is 16.4. The highest BCUT2D eigenvalue weighted by atomic mass is 32.2. The van der Waals surface area contributed by atoms with Crippen LogP contribution >= 0.6 is 0 Å². The number of carbonyl (C=O) groups excluding carboxylic acids is 1. The molecular formula is C11H23NO4S. The van der Waals surface area contributed by atoms with E-state index < -0.39 is 21.7 Å². The quantitative estimate of drug-likeness (QED) is 0.697. The summed E-state index contributed by atoms with van der Waals surface area (Å²) in [6.45, 7) is 8.58. The van der Waals surface area contributed by atoms with Gasteiger partial charge in [-0.2, -0.15) is 0 Å². The summed E-state index contributed by atoms with van der Waals surface area (Å²) in [6, 6.07) is 0. The predicted molar refractivity (Wildman–Crippen MR) is 67.0 cm³/mol. The summed E-state index contributed by atoms with van der Waals surface area (Å²) in [5, 5.41) is 0. The maximum Gasteiger partial charge on any atom is 0.322 e. The first-order valence-electron chi connectivity index (χ1n) is 5.73. The van der Waals surface area contributed by atoms with Gasteiger partial charge in [-0.05, 0) is 17.8 Å². The number of hydrogen-bond acceptors (Lipinski definition) is 4. The zero-order valence-corrected chi connectivity index (χ0v) is 12.0. The third-order valence-electron chi connectivity index (χ3n) is 2.79. The fourth-order valence-electron chi connectivity index (χ4n) is 1.73. The Balaban J connectivity index is 4.39. The Hall–Kier alpha value is -0.620. The third-order valence-corrected chi connectivity index (χ3v) is 4.01. The smallest absolute Gasteiger partial charge is 0.322 e. The van der Waals surface area contributed by atoms with Crippen molar-refractivity contribution in [2.24, 2.45) is 17.8 Å². The minimum Gasteiger partial charge on any atom is -0.468 e. The van der Waals surface area contributed by atoms with E-state index in [-0.39, 0.29) is 5.92 Å². The van der Waals surface area contributed by atoms with Gasteiger partial charge in [-0.1, -0.05) is 27.7 Å². The zero-order valence-electron chi connectivity index (χ0n) is 11.2. The molecule has 0 aliphatic heterocycles. The second-order valence-corrected chi connectivity index (χ2v) is 6.64. The number of esters is 1. The Morgan fingerprint density at radius 2 is 1.65 bits per heavy atom. The second kappa shape index (κ2) is 6.96. The number of ether oxygens (including phenoxy) is 1. The SMILES string of the molecule is COC(=O)CS(=O)(=O)NCC(C(C)C)C(C)C. The van der Waals surface area contributed by atoms with Gasteiger partial charge in [0, 0.05) is 6.54 Å². The predicted octanol–water partition coefficient (Wildman–Crippen LogP) is 1.01. The molecule has 0 atom stereocenters. The van der Waals surface area contributed by atoms with Gasteiger partial charge < -0.3 is 4.74 Å². The van der Waals surface area contributed by atoms with Crippen LogP contribution in [0, 0.1) is 17.8 Å². The molecule has 0 rings (SSSR count). The van der Waals surface area contributed by atoms with Gasteiger partial charge in [-0.25, -0.2) is 13.1 Å². The van der Waals surface area contributed by atoms with Crippen molar-refractivity contribution < 1.29 is 17.9 Å². The summed E-state index contributed by atoms with van der Waals surface area (Å²) >= 11 is 0. The lowest BCUT2D eigenvalue weighted by Crippen LogP contribution is -2.37. The molecule has 0 aromatic heterocycles. The highest BCUT2D eigenvalue weighted by Crippen LogP contribution is 2.19. The van der Waals surface area contributed by atoms with Crippen molar-refractivity contribution >= 4 is 16.0 Å². The van der Waals surface area contributed by atoms with E-state index in [1.807, 2.05) is 0 Å². The van der Waals surface area contributed by atoms with E-state index in [0.29, 0.717) is 18.4 Å². The van der Waals surface area contributed by atoms with Crippen LogP contribution in [0.15, 0.2) is 0 Å². The fraction of sp³-hybridized carbons (Fsp3) is 0.909. The monoisotopic (exact) mass is 265 g/mol. The molecule has 0 aliphatic carbocycles. The maximum absolute atomic E-state index is 11.5. The minimum atomic E-state index is -3.58. The van der Waals surface area contributed by atoms with E-state index >= 15 is 0 Å². The average molecular weight is 265 g/mol. The van der Waals surface area contributed by atoms with Crippen LogP contribution < -0.4 is 4.72 Å². The molecule has 0 heterocycles. The van der Waals surface area contributed by atoms with Crippen LogP contribution in [0.25, 0.3) is 0 Å². The summed E-state index contributed by atoms with van der Waals surface area (Å²) in [5.41, 5.74) is 0. The summed E-state index contributed by atoms with van der Waals surface area (Å²) < 4.78 is 29.9. The minimum absolute atomic E-state index is 0.252. The molecule has 0 saturated carbocycles. The zero-order chi connectivity index (χ0) is 13.6. The Labute approximate surface area is 104 Å². The lowest BCUT2D eigenvalue weighted by atomic mass is 9.86. The molecule has 102 valence electrons. The molecule has 0 spiro atoms. The first-order chi connectivity index (χ1) is 7.69. The number of nitrogens with one attached hydrogen (secondary N) is 1. The third kappa shape index (κ3) is 6.63. The highest BCUT2D eigenvalue weighted by molar-refractivity contribution is 7.90.